The average molecular weight is 413 g/mol. The molecule has 0 radical (unpaired) electrons. The number of hydrogen-bond acceptors (Lipinski definition) is 4. The van der Waals surface area contributed by atoms with Gasteiger partial charge < -0.3 is 19.4 Å². The first-order valence-corrected chi connectivity index (χ1v) is 10.0. The van der Waals surface area contributed by atoms with Crippen molar-refractivity contribution in [2.24, 2.45) is 0 Å². The van der Waals surface area contributed by atoms with Crippen molar-refractivity contribution in [1.82, 2.24) is 9.88 Å². The number of nitrogens with one attached hydrogen (secondary N) is 1. The summed E-state index contributed by atoms with van der Waals surface area (Å²) in [5.41, 5.74) is 6.01. The zero-order valence-electron chi connectivity index (χ0n) is 17.7. The molecule has 0 spiro atoms. The first-order chi connectivity index (χ1) is 15.0. The van der Waals surface area contributed by atoms with E-state index in [0.717, 1.165) is 28.2 Å². The van der Waals surface area contributed by atoms with Crippen LogP contribution in [0.5, 0.6) is 11.5 Å². The predicted octanol–water partition coefficient (Wildman–Crippen LogP) is 4.35. The molecule has 4 rings (SSSR count). The summed E-state index contributed by atoms with van der Waals surface area (Å²) in [5.74, 6) is 0.934. The van der Waals surface area contributed by atoms with Crippen LogP contribution in [0.1, 0.15) is 28.1 Å². The lowest BCUT2D eigenvalue weighted by atomic mass is 10.1. The molecule has 1 amide bonds. The summed E-state index contributed by atoms with van der Waals surface area (Å²) in [7, 11) is 0. The van der Waals surface area contributed by atoms with Crippen molar-refractivity contribution in [2.45, 2.75) is 27.3 Å². The van der Waals surface area contributed by atoms with Gasteiger partial charge in [0, 0.05) is 23.6 Å². The second kappa shape index (κ2) is 8.41. The van der Waals surface area contributed by atoms with Crippen LogP contribution in [-0.4, -0.2) is 17.3 Å². The minimum absolute atomic E-state index is 0.0601. The molecule has 6 nitrogen and oxygen atoms in total. The molecule has 1 aliphatic rings. The Morgan fingerprint density at radius 2 is 1.84 bits per heavy atom. The van der Waals surface area contributed by atoms with Crippen LogP contribution in [0.25, 0.3) is 11.8 Å². The fourth-order valence-corrected chi connectivity index (χ4v) is 3.66. The molecule has 0 fully saturated rings. The van der Waals surface area contributed by atoms with Gasteiger partial charge in [-0.3, -0.25) is 4.79 Å². The molecule has 0 saturated carbocycles. The Balaban J connectivity index is 1.53. The summed E-state index contributed by atoms with van der Waals surface area (Å²) in [6.45, 7) is 6.53. The Morgan fingerprint density at radius 1 is 1.10 bits per heavy atom. The maximum absolute atomic E-state index is 12.6. The van der Waals surface area contributed by atoms with Crippen LogP contribution in [0.4, 0.5) is 0 Å². The molecule has 1 N–H and O–H groups in total. The molecule has 0 bridgehead atoms. The molecule has 3 aromatic rings. The first kappa shape index (κ1) is 20.3. The van der Waals surface area contributed by atoms with Crippen LogP contribution in [-0.2, 0) is 11.3 Å². The van der Waals surface area contributed by atoms with E-state index < -0.39 is 5.91 Å². The van der Waals surface area contributed by atoms with Gasteiger partial charge in [-0.15, -0.1) is 0 Å². The van der Waals surface area contributed by atoms with Crippen molar-refractivity contribution < 1.29 is 14.3 Å². The third kappa shape index (κ3) is 4.17. The highest BCUT2D eigenvalue weighted by molar-refractivity contribution is 6.01. The van der Waals surface area contributed by atoms with Gasteiger partial charge in [-0.1, -0.05) is 23.8 Å². The van der Waals surface area contributed by atoms with Crippen LogP contribution in [0, 0.1) is 32.1 Å². The largest absolute Gasteiger partial charge is 0.454 e. The van der Waals surface area contributed by atoms with Gasteiger partial charge in [-0.05, 0) is 68.3 Å². The molecule has 0 unspecified atom stereocenters. The zero-order valence-corrected chi connectivity index (χ0v) is 17.7. The maximum Gasteiger partial charge on any atom is 0.262 e. The van der Waals surface area contributed by atoms with Gasteiger partial charge in [0.05, 0.1) is 0 Å². The summed E-state index contributed by atoms with van der Waals surface area (Å²) in [4.78, 5) is 12.6. The van der Waals surface area contributed by atoms with Crippen LogP contribution in [0.3, 0.4) is 0 Å². The number of fused-ring (bicyclic) bond motifs is 1. The Labute approximate surface area is 181 Å². The van der Waals surface area contributed by atoms with Crippen LogP contribution in [0.2, 0.25) is 0 Å². The topological polar surface area (TPSA) is 76.3 Å². The van der Waals surface area contributed by atoms with E-state index >= 15 is 0 Å². The fraction of sp³-hybridized carbons (Fsp3) is 0.200. The van der Waals surface area contributed by atoms with E-state index in [-0.39, 0.29) is 18.9 Å². The number of rotatable bonds is 5. The second-order valence-electron chi connectivity index (χ2n) is 7.54. The number of hydrogen-bond donors (Lipinski definition) is 1. The highest BCUT2D eigenvalue weighted by atomic mass is 16.7. The van der Waals surface area contributed by atoms with E-state index in [0.29, 0.717) is 11.5 Å². The summed E-state index contributed by atoms with van der Waals surface area (Å²) in [6, 6.07) is 17.8. The molecule has 0 atom stereocenters. The lowest BCUT2D eigenvalue weighted by Gasteiger charge is -2.10. The number of nitriles is 1. The van der Waals surface area contributed by atoms with Crippen molar-refractivity contribution in [2.75, 3.05) is 6.79 Å². The van der Waals surface area contributed by atoms with E-state index in [1.807, 2.05) is 44.2 Å². The van der Waals surface area contributed by atoms with Crippen LogP contribution < -0.4 is 14.8 Å². The van der Waals surface area contributed by atoms with Gasteiger partial charge in [0.2, 0.25) is 6.79 Å². The molecular formula is C25H23N3O3. The number of carbonyl (C=O) groups is 1. The molecule has 2 heterocycles. The van der Waals surface area contributed by atoms with E-state index in [1.165, 1.54) is 5.56 Å². The van der Waals surface area contributed by atoms with E-state index in [2.05, 4.69) is 41.1 Å². The highest BCUT2D eigenvalue weighted by Gasteiger charge is 2.16. The zero-order chi connectivity index (χ0) is 22.0. The van der Waals surface area contributed by atoms with Gasteiger partial charge >= 0.3 is 0 Å². The predicted molar refractivity (Wildman–Crippen MR) is 118 cm³/mol. The minimum Gasteiger partial charge on any atom is -0.454 e. The van der Waals surface area contributed by atoms with Crippen LogP contribution >= 0.6 is 0 Å². The average Bonchev–Trinajstić information content (AvgIpc) is 3.34. The number of benzene rings is 2. The van der Waals surface area contributed by atoms with Crippen molar-refractivity contribution in [3.63, 3.8) is 0 Å². The first-order valence-electron chi connectivity index (χ1n) is 10.0. The molecule has 31 heavy (non-hydrogen) atoms. The minimum atomic E-state index is -0.416. The third-order valence-corrected chi connectivity index (χ3v) is 5.32. The normalized spacial score (nSPS) is 12.5. The number of nitrogens with zero attached hydrogens (tertiary/aromatic N) is 2. The Bertz CT molecular complexity index is 1210. The van der Waals surface area contributed by atoms with E-state index in [4.69, 9.17) is 9.47 Å². The van der Waals surface area contributed by atoms with Crippen LogP contribution in [0.15, 0.2) is 54.1 Å². The summed E-state index contributed by atoms with van der Waals surface area (Å²) < 4.78 is 12.8. The van der Waals surface area contributed by atoms with Gasteiger partial charge in [-0.2, -0.15) is 5.26 Å². The summed E-state index contributed by atoms with van der Waals surface area (Å²) in [6.07, 6.45) is 1.64. The number of ether oxygens (including phenoxy) is 2. The maximum atomic E-state index is 12.6. The molecule has 6 heteroatoms. The number of aryl methyl sites for hydroxylation is 2. The standard InChI is InChI=1S/C25H23N3O3/c1-16-4-7-22(8-5-16)28-17(2)10-20(18(28)3)12-21(13-26)25(29)27-14-19-6-9-23-24(11-19)31-15-30-23/h4-12H,14-15H2,1-3H3,(H,27,29)/b21-12+. The van der Waals surface area contributed by atoms with Gasteiger partial charge in [0.1, 0.15) is 11.6 Å². The van der Waals surface area contributed by atoms with Gasteiger partial charge in [-0.25, -0.2) is 0 Å². The molecule has 0 aliphatic carbocycles. The lowest BCUT2D eigenvalue weighted by Crippen LogP contribution is -2.23. The molecule has 1 aromatic heterocycles. The van der Waals surface area contributed by atoms with Crippen molar-refractivity contribution in [3.8, 4) is 23.3 Å². The quantitative estimate of drug-likeness (QED) is 0.498. The summed E-state index contributed by atoms with van der Waals surface area (Å²) in [5, 5.41) is 12.4. The fourth-order valence-electron chi connectivity index (χ4n) is 3.66. The molecule has 1 aliphatic heterocycles. The van der Waals surface area contributed by atoms with Gasteiger partial charge in [0.15, 0.2) is 11.5 Å². The van der Waals surface area contributed by atoms with Crippen molar-refractivity contribution in [3.05, 3.63) is 82.2 Å². The number of carbonyl (C=O) groups excluding carboxylic acids is 1. The van der Waals surface area contributed by atoms with E-state index in [1.54, 1.807) is 6.08 Å². The number of amides is 1. The molecule has 156 valence electrons. The Morgan fingerprint density at radius 3 is 2.58 bits per heavy atom. The lowest BCUT2D eigenvalue weighted by molar-refractivity contribution is -0.117. The highest BCUT2D eigenvalue weighted by Crippen LogP contribution is 2.32. The molecule has 0 saturated heterocycles. The smallest absolute Gasteiger partial charge is 0.262 e. The second-order valence-corrected chi connectivity index (χ2v) is 7.54. The monoisotopic (exact) mass is 413 g/mol. The van der Waals surface area contributed by atoms with E-state index in [9.17, 15) is 10.1 Å². The van der Waals surface area contributed by atoms with Crippen molar-refractivity contribution >= 4 is 12.0 Å². The Kier molecular flexibility index (Phi) is 5.50. The van der Waals surface area contributed by atoms with Crippen molar-refractivity contribution in [1.29, 1.82) is 5.26 Å². The Hall–Kier alpha value is -3.98. The number of aromatic nitrogens is 1. The summed E-state index contributed by atoms with van der Waals surface area (Å²) >= 11 is 0. The third-order valence-electron chi connectivity index (χ3n) is 5.32. The molecular weight excluding hydrogens is 390 g/mol. The van der Waals surface area contributed by atoms with Gasteiger partial charge in [0.25, 0.3) is 5.91 Å². The SMILES string of the molecule is Cc1ccc(-n2c(C)cc(/C=C(\C#N)C(=O)NCc3ccc4c(c3)OCO4)c2C)cc1. The molecule has 2 aromatic carbocycles.